The number of carbonyl (C=O) groups is 1. The minimum Gasteiger partial charge on any atom is -0.299 e. The van der Waals surface area contributed by atoms with Gasteiger partial charge in [-0.2, -0.15) is 0 Å². The van der Waals surface area contributed by atoms with Gasteiger partial charge in [0, 0.05) is 11.8 Å². The maximum atomic E-state index is 13.2. The van der Waals surface area contributed by atoms with Crippen LogP contribution < -0.4 is 0 Å². The van der Waals surface area contributed by atoms with E-state index in [1.807, 2.05) is 0 Å². The van der Waals surface area contributed by atoms with Crippen molar-refractivity contribution in [3.05, 3.63) is 12.7 Å². The number of hydrogen-bond acceptors (Lipinski definition) is 1. The van der Waals surface area contributed by atoms with Gasteiger partial charge < -0.3 is 0 Å². The molecule has 4 fully saturated rings. The lowest BCUT2D eigenvalue weighted by Gasteiger charge is -2.45. The Hall–Kier alpha value is -0.590. The van der Waals surface area contributed by atoms with Gasteiger partial charge in [-0.15, -0.1) is 6.58 Å². The zero-order valence-corrected chi connectivity index (χ0v) is 17.8. The third-order valence-electron chi connectivity index (χ3n) is 10.3. The largest absolute Gasteiger partial charge is 0.299 e. The Balaban J connectivity index is 1.66. The highest BCUT2D eigenvalue weighted by atomic mass is 16.1. The summed E-state index contributed by atoms with van der Waals surface area (Å²) in [4.78, 5) is 13.2. The first-order chi connectivity index (χ1) is 12.2. The van der Waals surface area contributed by atoms with Gasteiger partial charge in [0.1, 0.15) is 5.78 Å². The van der Waals surface area contributed by atoms with Crippen LogP contribution in [0.2, 0.25) is 0 Å². The molecule has 0 aromatic carbocycles. The SMILES string of the molecule is C=C[C@H]1[C@H](C(C)C)CC[C@]1(C)C[C@@H]1CC(=O)[C@]2(C)CC[C@H]3[C@H](C)CC[C@]132. The summed E-state index contributed by atoms with van der Waals surface area (Å²) >= 11 is 0. The molecule has 1 heteroatoms. The first-order valence-electron chi connectivity index (χ1n) is 11.4. The normalized spacial score (nSPS) is 53.3. The highest BCUT2D eigenvalue weighted by Crippen LogP contribution is 2.75. The smallest absolute Gasteiger partial charge is 0.139 e. The predicted molar refractivity (Wildman–Crippen MR) is 109 cm³/mol. The Bertz CT molecular complexity index is 605. The second kappa shape index (κ2) is 5.95. The lowest BCUT2D eigenvalue weighted by molar-refractivity contribution is -0.128. The number of Topliss-reactive ketones (excluding diaryl/α,β-unsaturated/α-hetero) is 1. The van der Waals surface area contributed by atoms with E-state index in [2.05, 4.69) is 47.3 Å². The van der Waals surface area contributed by atoms with Gasteiger partial charge in [0.2, 0.25) is 0 Å². The molecule has 4 aliphatic rings. The summed E-state index contributed by atoms with van der Waals surface area (Å²) in [7, 11) is 0. The quantitative estimate of drug-likeness (QED) is 0.514. The molecule has 4 saturated carbocycles. The molecule has 0 aliphatic heterocycles. The van der Waals surface area contributed by atoms with Crippen LogP contribution in [0.25, 0.3) is 0 Å². The molecule has 0 heterocycles. The Morgan fingerprint density at radius 1 is 1.15 bits per heavy atom. The van der Waals surface area contributed by atoms with E-state index in [9.17, 15) is 4.79 Å². The summed E-state index contributed by atoms with van der Waals surface area (Å²) in [6.07, 6.45) is 12.2. The van der Waals surface area contributed by atoms with Crippen LogP contribution in [0.5, 0.6) is 0 Å². The minimum absolute atomic E-state index is 0.0107. The van der Waals surface area contributed by atoms with E-state index in [4.69, 9.17) is 0 Å². The van der Waals surface area contributed by atoms with Gasteiger partial charge in [-0.1, -0.05) is 40.7 Å². The molecule has 0 saturated heterocycles. The van der Waals surface area contributed by atoms with E-state index in [0.29, 0.717) is 28.4 Å². The van der Waals surface area contributed by atoms with E-state index in [-0.39, 0.29) is 5.41 Å². The van der Waals surface area contributed by atoms with Crippen LogP contribution in [-0.2, 0) is 4.79 Å². The Labute approximate surface area is 161 Å². The molecule has 0 bridgehead atoms. The van der Waals surface area contributed by atoms with Gasteiger partial charge in [0.25, 0.3) is 0 Å². The van der Waals surface area contributed by atoms with Crippen LogP contribution in [0, 0.1) is 51.8 Å². The maximum Gasteiger partial charge on any atom is 0.139 e. The molecule has 8 atom stereocenters. The first kappa shape index (κ1) is 18.8. The van der Waals surface area contributed by atoms with Crippen LogP contribution in [0.4, 0.5) is 0 Å². The predicted octanol–water partition coefficient (Wildman–Crippen LogP) is 6.67. The summed E-state index contributed by atoms with van der Waals surface area (Å²) in [6, 6.07) is 0. The van der Waals surface area contributed by atoms with Crippen molar-refractivity contribution < 1.29 is 4.79 Å². The van der Waals surface area contributed by atoms with E-state index < -0.39 is 0 Å². The number of hydrogen-bond donors (Lipinski definition) is 0. The van der Waals surface area contributed by atoms with Crippen molar-refractivity contribution in [2.75, 3.05) is 0 Å². The van der Waals surface area contributed by atoms with Gasteiger partial charge >= 0.3 is 0 Å². The topological polar surface area (TPSA) is 17.1 Å². The van der Waals surface area contributed by atoms with Gasteiger partial charge in [0.05, 0.1) is 0 Å². The lowest BCUT2D eigenvalue weighted by Crippen LogP contribution is -2.42. The van der Waals surface area contributed by atoms with Gasteiger partial charge in [-0.25, -0.2) is 0 Å². The summed E-state index contributed by atoms with van der Waals surface area (Å²) in [5.41, 5.74) is 0.665. The molecule has 1 nitrogen and oxygen atoms in total. The van der Waals surface area contributed by atoms with Crippen molar-refractivity contribution in [2.24, 2.45) is 51.8 Å². The van der Waals surface area contributed by atoms with Crippen LogP contribution in [0.3, 0.4) is 0 Å². The minimum atomic E-state index is -0.0107. The van der Waals surface area contributed by atoms with Crippen molar-refractivity contribution >= 4 is 5.78 Å². The van der Waals surface area contributed by atoms with Crippen LogP contribution >= 0.6 is 0 Å². The highest BCUT2D eigenvalue weighted by Gasteiger charge is 2.71. The summed E-state index contributed by atoms with van der Waals surface area (Å²) < 4.78 is 0. The van der Waals surface area contributed by atoms with E-state index >= 15 is 0 Å². The number of rotatable bonds is 4. The number of allylic oxidation sites excluding steroid dienone is 1. The molecule has 0 aromatic rings. The van der Waals surface area contributed by atoms with Crippen molar-refractivity contribution in [1.29, 1.82) is 0 Å². The molecular formula is C25H40O. The average molecular weight is 357 g/mol. The second-order valence-corrected chi connectivity index (χ2v) is 11.4. The molecule has 0 radical (unpaired) electrons. The van der Waals surface area contributed by atoms with E-state index in [1.54, 1.807) is 0 Å². The fourth-order valence-corrected chi connectivity index (χ4v) is 8.87. The molecule has 0 N–H and O–H groups in total. The van der Waals surface area contributed by atoms with E-state index in [0.717, 1.165) is 36.5 Å². The summed E-state index contributed by atoms with van der Waals surface area (Å²) in [5, 5.41) is 0. The van der Waals surface area contributed by atoms with Crippen molar-refractivity contribution in [2.45, 2.75) is 86.0 Å². The third kappa shape index (κ3) is 2.18. The van der Waals surface area contributed by atoms with Gasteiger partial charge in [-0.05, 0) is 91.3 Å². The second-order valence-electron chi connectivity index (χ2n) is 11.4. The number of ketones is 1. The Kier molecular flexibility index (Phi) is 4.29. The molecule has 0 aromatic heterocycles. The molecule has 0 amide bonds. The summed E-state index contributed by atoms with van der Waals surface area (Å²) in [6.45, 7) is 16.4. The first-order valence-corrected chi connectivity index (χ1v) is 11.4. The van der Waals surface area contributed by atoms with Crippen molar-refractivity contribution in [1.82, 2.24) is 0 Å². The zero-order valence-electron chi connectivity index (χ0n) is 17.8. The van der Waals surface area contributed by atoms with Crippen LogP contribution in [0.15, 0.2) is 12.7 Å². The Morgan fingerprint density at radius 3 is 2.54 bits per heavy atom. The molecular weight excluding hydrogens is 316 g/mol. The molecule has 0 unspecified atom stereocenters. The van der Waals surface area contributed by atoms with Crippen molar-refractivity contribution in [3.63, 3.8) is 0 Å². The molecule has 26 heavy (non-hydrogen) atoms. The van der Waals surface area contributed by atoms with Crippen LogP contribution in [0.1, 0.15) is 86.0 Å². The zero-order chi connectivity index (χ0) is 18.9. The molecule has 146 valence electrons. The van der Waals surface area contributed by atoms with Crippen LogP contribution in [-0.4, -0.2) is 5.78 Å². The fourth-order valence-electron chi connectivity index (χ4n) is 8.87. The lowest BCUT2D eigenvalue weighted by atomic mass is 9.58. The van der Waals surface area contributed by atoms with Gasteiger partial charge in [-0.3, -0.25) is 4.79 Å². The Morgan fingerprint density at radius 2 is 1.88 bits per heavy atom. The number of carbonyl (C=O) groups excluding carboxylic acids is 1. The standard InChI is InChI=1S/C25H40O/c1-7-20-19(16(2)3)9-11-23(20,5)15-18-14-22(26)24(6)12-10-21-17(4)8-13-25(18,21)24/h7,16-21H,1,8-15H2,2-6H3/t17-,18+,19+,20+,21+,23-,24+,25+/m1/s1. The average Bonchev–Trinajstić information content (AvgIpc) is 3.23. The molecule has 4 rings (SSSR count). The summed E-state index contributed by atoms with van der Waals surface area (Å²) in [5.74, 6) is 4.99. The van der Waals surface area contributed by atoms with Crippen molar-refractivity contribution in [3.8, 4) is 0 Å². The molecule has 4 aliphatic carbocycles. The fraction of sp³-hybridized carbons (Fsp3) is 0.880. The maximum absolute atomic E-state index is 13.2. The highest BCUT2D eigenvalue weighted by molar-refractivity contribution is 5.89. The van der Waals surface area contributed by atoms with Gasteiger partial charge in [0.15, 0.2) is 0 Å². The molecule has 1 spiro atoms. The van der Waals surface area contributed by atoms with E-state index in [1.165, 1.54) is 38.5 Å². The third-order valence-corrected chi connectivity index (χ3v) is 10.3. The monoisotopic (exact) mass is 356 g/mol.